The second-order valence-electron chi connectivity index (χ2n) is 10.7. The predicted octanol–water partition coefficient (Wildman–Crippen LogP) is 4.26. The van der Waals surface area contributed by atoms with E-state index in [1.54, 1.807) is 30.3 Å². The fourth-order valence-electron chi connectivity index (χ4n) is 7.23. The molecule has 2 saturated heterocycles. The van der Waals surface area contributed by atoms with E-state index in [0.29, 0.717) is 29.1 Å². The van der Waals surface area contributed by atoms with Gasteiger partial charge in [0, 0.05) is 35.3 Å². The van der Waals surface area contributed by atoms with Crippen LogP contribution in [0.25, 0.3) is 0 Å². The number of nitrogens with zero attached hydrogens (tertiary/aromatic N) is 1. The SMILES string of the molecule is O=C(NC1CN(C(=O)O)C1)[C@@H]1NC2(CCCCC2)C2(C(=O)Nc3cc(Cl)ccc32)[C@H]1c1cccc(Cl)c1F. The molecule has 1 unspecified atom stereocenters. The number of carboxylic acid groups (broad SMARTS) is 1. The Labute approximate surface area is 228 Å². The molecule has 200 valence electrons. The summed E-state index contributed by atoms with van der Waals surface area (Å²) >= 11 is 12.5. The number of amides is 3. The van der Waals surface area contributed by atoms with Gasteiger partial charge in [0.25, 0.3) is 0 Å². The first-order valence-electron chi connectivity index (χ1n) is 12.8. The molecule has 3 heterocycles. The van der Waals surface area contributed by atoms with Gasteiger partial charge in [0.2, 0.25) is 11.8 Å². The third-order valence-corrected chi connectivity index (χ3v) is 9.33. The number of hydrogen-bond acceptors (Lipinski definition) is 4. The summed E-state index contributed by atoms with van der Waals surface area (Å²) in [4.78, 5) is 40.6. The Morgan fingerprint density at radius 1 is 1.11 bits per heavy atom. The van der Waals surface area contributed by atoms with E-state index >= 15 is 4.39 Å². The van der Waals surface area contributed by atoms with Gasteiger partial charge in [0.15, 0.2) is 0 Å². The van der Waals surface area contributed by atoms with Crippen LogP contribution in [0.4, 0.5) is 14.9 Å². The summed E-state index contributed by atoms with van der Waals surface area (Å²) in [6.07, 6.45) is 2.89. The largest absolute Gasteiger partial charge is 0.465 e. The average Bonchev–Trinajstić information content (AvgIpc) is 3.30. The first-order valence-corrected chi connectivity index (χ1v) is 13.5. The van der Waals surface area contributed by atoms with E-state index in [1.807, 2.05) is 0 Å². The van der Waals surface area contributed by atoms with Gasteiger partial charge in [0.05, 0.1) is 17.1 Å². The van der Waals surface area contributed by atoms with Gasteiger partial charge in [-0.05, 0) is 42.2 Å². The second-order valence-corrected chi connectivity index (χ2v) is 11.6. The maximum Gasteiger partial charge on any atom is 0.407 e. The summed E-state index contributed by atoms with van der Waals surface area (Å²) in [5, 5.41) is 19.0. The second kappa shape index (κ2) is 9.10. The zero-order valence-electron chi connectivity index (χ0n) is 20.4. The Morgan fingerprint density at radius 2 is 1.84 bits per heavy atom. The Balaban J connectivity index is 1.52. The third kappa shape index (κ3) is 3.55. The van der Waals surface area contributed by atoms with Crippen molar-refractivity contribution in [2.24, 2.45) is 0 Å². The molecular weight excluding hydrogens is 534 g/mol. The van der Waals surface area contributed by atoms with Crippen LogP contribution in [-0.4, -0.2) is 58.6 Å². The number of likely N-dealkylation sites (tertiary alicyclic amines) is 1. The Kier molecular flexibility index (Phi) is 6.09. The predicted molar refractivity (Wildman–Crippen MR) is 140 cm³/mol. The van der Waals surface area contributed by atoms with Crippen LogP contribution in [0.5, 0.6) is 0 Å². The fraction of sp³-hybridized carbons (Fsp3) is 0.444. The number of halogens is 3. The molecule has 4 N–H and O–H groups in total. The monoisotopic (exact) mass is 560 g/mol. The highest BCUT2D eigenvalue weighted by molar-refractivity contribution is 6.31. The van der Waals surface area contributed by atoms with Gasteiger partial charge in [-0.2, -0.15) is 0 Å². The third-order valence-electron chi connectivity index (χ3n) is 8.80. The lowest BCUT2D eigenvalue weighted by Gasteiger charge is -2.47. The summed E-state index contributed by atoms with van der Waals surface area (Å²) in [6.45, 7) is 0.337. The van der Waals surface area contributed by atoms with Gasteiger partial charge < -0.3 is 20.6 Å². The Morgan fingerprint density at radius 3 is 2.55 bits per heavy atom. The lowest BCUT2D eigenvalue weighted by molar-refractivity contribution is -0.125. The summed E-state index contributed by atoms with van der Waals surface area (Å²) in [7, 11) is 0. The van der Waals surface area contributed by atoms with Crippen LogP contribution >= 0.6 is 23.2 Å². The molecule has 3 amide bonds. The van der Waals surface area contributed by atoms with E-state index < -0.39 is 40.7 Å². The van der Waals surface area contributed by atoms with E-state index in [2.05, 4.69) is 16.0 Å². The molecule has 1 aliphatic carbocycles. The number of benzene rings is 2. The van der Waals surface area contributed by atoms with Crippen LogP contribution in [0.1, 0.15) is 49.1 Å². The number of fused-ring (bicyclic) bond motifs is 3. The molecule has 2 aromatic rings. The van der Waals surface area contributed by atoms with Crippen molar-refractivity contribution >= 4 is 46.8 Å². The molecule has 0 aromatic heterocycles. The van der Waals surface area contributed by atoms with E-state index in [4.69, 9.17) is 23.2 Å². The van der Waals surface area contributed by atoms with Crippen molar-refractivity contribution in [1.29, 1.82) is 0 Å². The van der Waals surface area contributed by atoms with Crippen molar-refractivity contribution < 1.29 is 23.9 Å². The molecule has 11 heteroatoms. The standard InChI is InChI=1S/C27H27Cl2FN4O4/c28-14-7-8-17-19(11-14)32-24(36)27(17)20(16-5-4-6-18(29)21(16)30)22(33-26(27)9-2-1-3-10-26)23(35)31-15-12-34(13-15)25(37)38/h4-8,11,15,20,22,33H,1-3,9-10,12-13H2,(H,31,35)(H,32,36)(H,37,38)/t20-,22+,27?/m0/s1. The fourth-order valence-corrected chi connectivity index (χ4v) is 7.59. The van der Waals surface area contributed by atoms with Gasteiger partial charge in [-0.15, -0.1) is 0 Å². The summed E-state index contributed by atoms with van der Waals surface area (Å²) in [5.74, 6) is -2.29. The smallest absolute Gasteiger partial charge is 0.407 e. The van der Waals surface area contributed by atoms with E-state index in [0.717, 1.165) is 19.3 Å². The average molecular weight is 561 g/mol. The molecule has 8 nitrogen and oxygen atoms in total. The molecule has 2 spiro atoms. The van der Waals surface area contributed by atoms with E-state index in [-0.39, 0.29) is 35.6 Å². The van der Waals surface area contributed by atoms with Gasteiger partial charge >= 0.3 is 6.09 Å². The molecular formula is C27H27Cl2FN4O4. The number of hydrogen-bond donors (Lipinski definition) is 4. The lowest BCUT2D eigenvalue weighted by atomic mass is 9.55. The highest BCUT2D eigenvalue weighted by Crippen LogP contribution is 2.62. The number of rotatable bonds is 3. The summed E-state index contributed by atoms with van der Waals surface area (Å²) in [6, 6.07) is 8.54. The lowest BCUT2D eigenvalue weighted by Crippen LogP contribution is -2.63. The topological polar surface area (TPSA) is 111 Å². The van der Waals surface area contributed by atoms with Crippen molar-refractivity contribution in [2.45, 2.75) is 61.1 Å². The molecule has 3 atom stereocenters. The Hall–Kier alpha value is -2.88. The molecule has 6 rings (SSSR count). The molecule has 38 heavy (non-hydrogen) atoms. The van der Waals surface area contributed by atoms with Gasteiger partial charge in [-0.25, -0.2) is 9.18 Å². The van der Waals surface area contributed by atoms with Gasteiger partial charge in [-0.3, -0.25) is 14.9 Å². The molecule has 0 bridgehead atoms. The van der Waals surface area contributed by atoms with Crippen LogP contribution in [-0.2, 0) is 15.0 Å². The highest BCUT2D eigenvalue weighted by Gasteiger charge is 2.72. The minimum Gasteiger partial charge on any atom is -0.465 e. The first kappa shape index (κ1) is 25.4. The summed E-state index contributed by atoms with van der Waals surface area (Å²) in [5.41, 5.74) is -0.692. The maximum absolute atomic E-state index is 15.8. The minimum atomic E-state index is -1.30. The highest BCUT2D eigenvalue weighted by atomic mass is 35.5. The van der Waals surface area contributed by atoms with Gasteiger partial charge in [-0.1, -0.05) is 60.7 Å². The van der Waals surface area contributed by atoms with Crippen molar-refractivity contribution in [2.75, 3.05) is 18.4 Å². The van der Waals surface area contributed by atoms with Crippen LogP contribution in [0.15, 0.2) is 36.4 Å². The summed E-state index contributed by atoms with van der Waals surface area (Å²) < 4.78 is 15.8. The van der Waals surface area contributed by atoms with Crippen LogP contribution in [0.2, 0.25) is 10.0 Å². The van der Waals surface area contributed by atoms with Crippen molar-refractivity contribution in [3.8, 4) is 0 Å². The molecule has 2 aromatic carbocycles. The van der Waals surface area contributed by atoms with Crippen molar-refractivity contribution in [3.63, 3.8) is 0 Å². The van der Waals surface area contributed by atoms with E-state index in [1.165, 1.54) is 11.0 Å². The Bertz CT molecular complexity index is 1340. The first-order chi connectivity index (χ1) is 18.2. The molecule has 4 aliphatic rings. The van der Waals surface area contributed by atoms with Crippen LogP contribution < -0.4 is 16.0 Å². The number of carbonyl (C=O) groups excluding carboxylic acids is 2. The number of nitrogens with one attached hydrogen (secondary N) is 3. The van der Waals surface area contributed by atoms with Crippen molar-refractivity contribution in [3.05, 3.63) is 63.4 Å². The normalized spacial score (nSPS) is 27.8. The van der Waals surface area contributed by atoms with Crippen molar-refractivity contribution in [1.82, 2.24) is 15.5 Å². The van der Waals surface area contributed by atoms with Crippen LogP contribution in [0, 0.1) is 5.82 Å². The molecule has 0 radical (unpaired) electrons. The maximum atomic E-state index is 15.8. The van der Waals surface area contributed by atoms with E-state index in [9.17, 15) is 19.5 Å². The molecule has 3 fully saturated rings. The van der Waals surface area contributed by atoms with Crippen LogP contribution in [0.3, 0.4) is 0 Å². The zero-order valence-corrected chi connectivity index (χ0v) is 21.9. The van der Waals surface area contributed by atoms with Gasteiger partial charge in [0.1, 0.15) is 11.2 Å². The number of carbonyl (C=O) groups is 3. The zero-order chi connectivity index (χ0) is 26.8. The molecule has 1 saturated carbocycles. The molecule has 3 aliphatic heterocycles. The minimum absolute atomic E-state index is 0.0905. The number of anilines is 1. The quantitative estimate of drug-likeness (QED) is 0.448.